The van der Waals surface area contributed by atoms with Crippen molar-refractivity contribution in [2.24, 2.45) is 5.41 Å². The number of hydrogen-bond donors (Lipinski definition) is 1. The zero-order valence-corrected chi connectivity index (χ0v) is 7.46. The lowest BCUT2D eigenvalue weighted by Gasteiger charge is -2.25. The molecule has 0 radical (unpaired) electrons. The fraction of sp³-hybridized carbons (Fsp3) is 0.600. The summed E-state index contributed by atoms with van der Waals surface area (Å²) in [6.45, 7) is 5.80. The lowest BCUT2D eigenvalue weighted by atomic mass is 9.83. The van der Waals surface area contributed by atoms with Crippen LogP contribution >= 0.6 is 0 Å². The van der Waals surface area contributed by atoms with Gasteiger partial charge in [-0.15, -0.1) is 12.3 Å². The van der Waals surface area contributed by atoms with Gasteiger partial charge in [-0.2, -0.15) is 0 Å². The first-order valence-corrected chi connectivity index (χ1v) is 3.79. The van der Waals surface area contributed by atoms with Crippen LogP contribution in [0.3, 0.4) is 0 Å². The number of aliphatic hydroxyl groups is 1. The molecule has 0 amide bonds. The van der Waals surface area contributed by atoms with Crippen LogP contribution in [0.4, 0.5) is 0 Å². The third-order valence-corrected chi connectivity index (χ3v) is 1.73. The Balaban J connectivity index is 4.18. The quantitative estimate of drug-likeness (QED) is 0.484. The van der Waals surface area contributed by atoms with Crippen LogP contribution in [0.15, 0.2) is 12.2 Å². The second-order valence-electron chi connectivity index (χ2n) is 3.34. The lowest BCUT2D eigenvalue weighted by Crippen LogP contribution is -2.26. The molecule has 0 aliphatic carbocycles. The van der Waals surface area contributed by atoms with Crippen LogP contribution in [0, 0.1) is 17.8 Å². The Hall–Kier alpha value is -0.740. The second-order valence-corrected chi connectivity index (χ2v) is 3.34. The largest absolute Gasteiger partial charge is 0.388 e. The fourth-order valence-electron chi connectivity index (χ4n) is 0.810. The third kappa shape index (κ3) is 3.25. The van der Waals surface area contributed by atoms with Gasteiger partial charge in [-0.3, -0.25) is 0 Å². The standard InChI is InChI=1S/C10H16O/c1-5-7-9(11)10(3,4)8-6-2/h2,5,7,9,11H,8H2,1,3-4H3/b7-5+/t9-/m0/s1. The molecule has 62 valence electrons. The molecular formula is C10H16O. The van der Waals surface area contributed by atoms with E-state index < -0.39 is 6.10 Å². The van der Waals surface area contributed by atoms with E-state index in [0.29, 0.717) is 6.42 Å². The van der Waals surface area contributed by atoms with E-state index in [1.54, 1.807) is 6.08 Å². The smallest absolute Gasteiger partial charge is 0.0780 e. The van der Waals surface area contributed by atoms with Gasteiger partial charge in [0.25, 0.3) is 0 Å². The van der Waals surface area contributed by atoms with Crippen molar-refractivity contribution in [1.82, 2.24) is 0 Å². The summed E-state index contributed by atoms with van der Waals surface area (Å²) in [5.41, 5.74) is -0.207. The molecule has 0 unspecified atom stereocenters. The zero-order chi connectivity index (χ0) is 8.91. The highest BCUT2D eigenvalue weighted by Gasteiger charge is 2.24. The molecule has 0 heterocycles. The Morgan fingerprint density at radius 2 is 2.18 bits per heavy atom. The van der Waals surface area contributed by atoms with Crippen LogP contribution in [0.1, 0.15) is 27.2 Å². The fourth-order valence-corrected chi connectivity index (χ4v) is 0.810. The second kappa shape index (κ2) is 4.20. The number of terminal acetylenes is 1. The summed E-state index contributed by atoms with van der Waals surface area (Å²) in [6.07, 6.45) is 8.92. The third-order valence-electron chi connectivity index (χ3n) is 1.73. The zero-order valence-electron chi connectivity index (χ0n) is 7.46. The van der Waals surface area contributed by atoms with Gasteiger partial charge in [0.2, 0.25) is 0 Å². The van der Waals surface area contributed by atoms with E-state index in [2.05, 4.69) is 5.92 Å². The van der Waals surface area contributed by atoms with Crippen molar-refractivity contribution in [1.29, 1.82) is 0 Å². The molecule has 1 N–H and O–H groups in total. The first-order valence-electron chi connectivity index (χ1n) is 3.79. The Morgan fingerprint density at radius 3 is 2.55 bits per heavy atom. The SMILES string of the molecule is C#CCC(C)(C)[C@@H](O)/C=C/C. The Bertz CT molecular complexity index is 172. The van der Waals surface area contributed by atoms with Crippen LogP contribution < -0.4 is 0 Å². The molecule has 0 aliphatic rings. The number of aliphatic hydroxyl groups excluding tert-OH is 1. The maximum Gasteiger partial charge on any atom is 0.0780 e. The first kappa shape index (κ1) is 10.3. The van der Waals surface area contributed by atoms with Gasteiger partial charge in [0.1, 0.15) is 0 Å². The van der Waals surface area contributed by atoms with E-state index in [0.717, 1.165) is 0 Å². The highest BCUT2D eigenvalue weighted by molar-refractivity contribution is 5.00. The predicted octanol–water partition coefficient (Wildman–Crippen LogP) is 1.97. The highest BCUT2D eigenvalue weighted by Crippen LogP contribution is 2.25. The molecule has 0 fully saturated rings. The molecule has 1 heteroatoms. The van der Waals surface area contributed by atoms with Crippen molar-refractivity contribution in [3.05, 3.63) is 12.2 Å². The van der Waals surface area contributed by atoms with Crippen LogP contribution in [0.5, 0.6) is 0 Å². The van der Waals surface area contributed by atoms with Gasteiger partial charge in [0.15, 0.2) is 0 Å². The van der Waals surface area contributed by atoms with Gasteiger partial charge in [-0.25, -0.2) is 0 Å². The van der Waals surface area contributed by atoms with E-state index in [1.165, 1.54) is 0 Å². The van der Waals surface area contributed by atoms with Gasteiger partial charge < -0.3 is 5.11 Å². The number of hydrogen-bond acceptors (Lipinski definition) is 1. The number of rotatable bonds is 3. The predicted molar refractivity (Wildman–Crippen MR) is 48.1 cm³/mol. The average molecular weight is 152 g/mol. The lowest BCUT2D eigenvalue weighted by molar-refractivity contribution is 0.0946. The maximum atomic E-state index is 9.53. The van der Waals surface area contributed by atoms with Crippen molar-refractivity contribution < 1.29 is 5.11 Å². The molecule has 0 rings (SSSR count). The molecule has 0 bridgehead atoms. The molecule has 0 saturated heterocycles. The Labute approximate surface area is 69.1 Å². The average Bonchev–Trinajstić information content (AvgIpc) is 1.88. The topological polar surface area (TPSA) is 20.2 Å². The molecular weight excluding hydrogens is 136 g/mol. The molecule has 0 aliphatic heterocycles. The molecule has 0 saturated carbocycles. The minimum Gasteiger partial charge on any atom is -0.388 e. The van der Waals surface area contributed by atoms with Gasteiger partial charge in [-0.1, -0.05) is 26.0 Å². The molecule has 1 atom stereocenters. The van der Waals surface area contributed by atoms with Crippen LogP contribution in [-0.2, 0) is 0 Å². The minimum absolute atomic E-state index is 0.207. The van der Waals surface area contributed by atoms with Gasteiger partial charge in [0.05, 0.1) is 6.10 Å². The summed E-state index contributed by atoms with van der Waals surface area (Å²) < 4.78 is 0. The maximum absolute atomic E-state index is 9.53. The van der Waals surface area contributed by atoms with Crippen molar-refractivity contribution in [3.63, 3.8) is 0 Å². The van der Waals surface area contributed by atoms with Crippen LogP contribution in [-0.4, -0.2) is 11.2 Å². The van der Waals surface area contributed by atoms with Gasteiger partial charge in [0, 0.05) is 11.8 Å². The number of allylic oxidation sites excluding steroid dienone is 1. The van der Waals surface area contributed by atoms with E-state index in [4.69, 9.17) is 6.42 Å². The van der Waals surface area contributed by atoms with E-state index in [-0.39, 0.29) is 5.41 Å². The summed E-state index contributed by atoms with van der Waals surface area (Å²) in [5.74, 6) is 2.55. The summed E-state index contributed by atoms with van der Waals surface area (Å²) >= 11 is 0. The van der Waals surface area contributed by atoms with Gasteiger partial charge >= 0.3 is 0 Å². The Kier molecular flexibility index (Phi) is 3.92. The summed E-state index contributed by atoms with van der Waals surface area (Å²) in [7, 11) is 0. The summed E-state index contributed by atoms with van der Waals surface area (Å²) in [5, 5.41) is 9.53. The van der Waals surface area contributed by atoms with Crippen molar-refractivity contribution in [2.45, 2.75) is 33.3 Å². The molecule has 11 heavy (non-hydrogen) atoms. The van der Waals surface area contributed by atoms with Crippen molar-refractivity contribution in [3.8, 4) is 12.3 Å². The first-order chi connectivity index (χ1) is 5.04. The van der Waals surface area contributed by atoms with Gasteiger partial charge in [-0.05, 0) is 6.92 Å². The highest BCUT2D eigenvalue weighted by atomic mass is 16.3. The monoisotopic (exact) mass is 152 g/mol. The minimum atomic E-state index is -0.441. The molecule has 0 spiro atoms. The van der Waals surface area contributed by atoms with Crippen LogP contribution in [0.25, 0.3) is 0 Å². The van der Waals surface area contributed by atoms with E-state index in [9.17, 15) is 5.11 Å². The molecule has 1 nitrogen and oxygen atoms in total. The van der Waals surface area contributed by atoms with Crippen molar-refractivity contribution in [2.75, 3.05) is 0 Å². The summed E-state index contributed by atoms with van der Waals surface area (Å²) in [6, 6.07) is 0. The molecule has 0 aromatic rings. The van der Waals surface area contributed by atoms with E-state index in [1.807, 2.05) is 26.8 Å². The van der Waals surface area contributed by atoms with Crippen molar-refractivity contribution >= 4 is 0 Å². The molecule has 0 aromatic carbocycles. The molecule has 0 aromatic heterocycles. The Morgan fingerprint density at radius 1 is 1.64 bits per heavy atom. The normalized spacial score (nSPS) is 14.8. The van der Waals surface area contributed by atoms with Crippen LogP contribution in [0.2, 0.25) is 0 Å². The summed E-state index contributed by atoms with van der Waals surface area (Å²) in [4.78, 5) is 0. The van der Waals surface area contributed by atoms with E-state index >= 15 is 0 Å².